The van der Waals surface area contributed by atoms with Gasteiger partial charge in [0.2, 0.25) is 15.9 Å². The highest BCUT2D eigenvalue weighted by molar-refractivity contribution is 7.89. The number of sulfonamides is 1. The average Bonchev–Trinajstić information content (AvgIpc) is 3.32. The Kier molecular flexibility index (Phi) is 7.28. The van der Waals surface area contributed by atoms with Gasteiger partial charge in [-0.1, -0.05) is 42.0 Å². The van der Waals surface area contributed by atoms with Gasteiger partial charge in [-0.3, -0.25) is 9.69 Å². The molecule has 0 radical (unpaired) electrons. The van der Waals surface area contributed by atoms with Crippen molar-refractivity contribution in [1.82, 2.24) is 14.5 Å². The van der Waals surface area contributed by atoms with E-state index in [0.717, 1.165) is 30.8 Å². The maximum absolute atomic E-state index is 13.0. The third-order valence-electron chi connectivity index (χ3n) is 6.58. The third-order valence-corrected chi connectivity index (χ3v) is 8.46. The highest BCUT2D eigenvalue weighted by Crippen LogP contribution is 2.24. The fourth-order valence-electron chi connectivity index (χ4n) is 4.63. The molecule has 2 fully saturated rings. The van der Waals surface area contributed by atoms with Gasteiger partial charge >= 0.3 is 0 Å². The van der Waals surface area contributed by atoms with E-state index in [-0.39, 0.29) is 18.4 Å². The van der Waals surface area contributed by atoms with E-state index in [9.17, 15) is 13.2 Å². The van der Waals surface area contributed by atoms with Gasteiger partial charge in [0.15, 0.2) is 0 Å². The molecule has 2 aromatic rings. The molecule has 32 heavy (non-hydrogen) atoms. The summed E-state index contributed by atoms with van der Waals surface area (Å²) in [7, 11) is -3.58. The largest absolute Gasteiger partial charge is 0.352 e. The van der Waals surface area contributed by atoms with Crippen LogP contribution in [-0.2, 0) is 27.9 Å². The van der Waals surface area contributed by atoms with Gasteiger partial charge in [-0.2, -0.15) is 4.31 Å². The van der Waals surface area contributed by atoms with Crippen molar-refractivity contribution in [3.8, 4) is 0 Å². The summed E-state index contributed by atoms with van der Waals surface area (Å²) >= 11 is 0. The lowest BCUT2D eigenvalue weighted by atomic mass is 9.98. The molecule has 2 heterocycles. The Labute approximate surface area is 191 Å². The molecule has 6 nitrogen and oxygen atoms in total. The van der Waals surface area contributed by atoms with Crippen LogP contribution < -0.4 is 5.32 Å². The third kappa shape index (κ3) is 5.39. The Morgan fingerprint density at radius 3 is 2.38 bits per heavy atom. The van der Waals surface area contributed by atoms with E-state index >= 15 is 0 Å². The van der Waals surface area contributed by atoms with Gasteiger partial charge < -0.3 is 5.32 Å². The van der Waals surface area contributed by atoms with E-state index in [2.05, 4.69) is 22.3 Å². The predicted octanol–water partition coefficient (Wildman–Crippen LogP) is 3.31. The number of amides is 1. The summed E-state index contributed by atoms with van der Waals surface area (Å²) in [5.74, 6) is -0.389. The minimum atomic E-state index is -3.58. The number of hydrogen-bond donors (Lipinski definition) is 1. The zero-order valence-corrected chi connectivity index (χ0v) is 19.6. The Bertz CT molecular complexity index is 1030. The van der Waals surface area contributed by atoms with Crippen molar-refractivity contribution in [2.75, 3.05) is 26.2 Å². The number of rotatable bonds is 7. The van der Waals surface area contributed by atoms with Crippen molar-refractivity contribution in [1.29, 1.82) is 0 Å². The summed E-state index contributed by atoms with van der Waals surface area (Å²) < 4.78 is 27.6. The first-order valence-corrected chi connectivity index (χ1v) is 13.0. The number of carbonyl (C=O) groups is 1. The van der Waals surface area contributed by atoms with Crippen molar-refractivity contribution < 1.29 is 13.2 Å². The lowest BCUT2D eigenvalue weighted by molar-refractivity contribution is -0.126. The predicted molar refractivity (Wildman–Crippen MR) is 125 cm³/mol. The molecule has 0 aromatic heterocycles. The van der Waals surface area contributed by atoms with Gasteiger partial charge in [0.05, 0.1) is 10.8 Å². The summed E-state index contributed by atoms with van der Waals surface area (Å²) in [5, 5.41) is 3.07. The van der Waals surface area contributed by atoms with Gasteiger partial charge in [-0.05, 0) is 69.0 Å². The van der Waals surface area contributed by atoms with E-state index in [4.69, 9.17) is 0 Å². The quantitative estimate of drug-likeness (QED) is 0.696. The van der Waals surface area contributed by atoms with Crippen LogP contribution >= 0.6 is 0 Å². The van der Waals surface area contributed by atoms with Crippen LogP contribution in [0.1, 0.15) is 42.4 Å². The first kappa shape index (κ1) is 23.0. The van der Waals surface area contributed by atoms with Gasteiger partial charge in [-0.15, -0.1) is 0 Å². The second-order valence-corrected chi connectivity index (χ2v) is 10.9. The molecule has 1 amide bonds. The molecule has 1 atom stereocenters. The van der Waals surface area contributed by atoms with Crippen LogP contribution in [0.2, 0.25) is 0 Å². The van der Waals surface area contributed by atoms with E-state index in [1.807, 2.05) is 19.1 Å². The summed E-state index contributed by atoms with van der Waals surface area (Å²) in [6, 6.07) is 15.2. The molecule has 4 rings (SSSR count). The van der Waals surface area contributed by atoms with Crippen LogP contribution in [0, 0.1) is 12.8 Å². The second kappa shape index (κ2) is 10.1. The molecule has 0 aliphatic carbocycles. The van der Waals surface area contributed by atoms with Crippen molar-refractivity contribution >= 4 is 15.9 Å². The number of nitrogens with one attached hydrogen (secondary N) is 1. The van der Waals surface area contributed by atoms with E-state index < -0.39 is 10.0 Å². The fourth-order valence-corrected chi connectivity index (χ4v) is 6.15. The topological polar surface area (TPSA) is 69.7 Å². The van der Waals surface area contributed by atoms with Crippen molar-refractivity contribution in [3.05, 3.63) is 65.2 Å². The number of piperidine rings is 1. The molecular weight excluding hydrogens is 422 g/mol. The van der Waals surface area contributed by atoms with Crippen LogP contribution in [0.3, 0.4) is 0 Å². The lowest BCUT2D eigenvalue weighted by Gasteiger charge is -2.31. The molecule has 172 valence electrons. The maximum atomic E-state index is 13.0. The lowest BCUT2D eigenvalue weighted by Crippen LogP contribution is -2.45. The molecule has 2 saturated heterocycles. The summed E-state index contributed by atoms with van der Waals surface area (Å²) in [6.07, 6.45) is 3.90. The SMILES string of the molecule is Cc1ccc(S(=O)(=O)N2CCC[C@@H](C(=O)NCc3ccccc3CN3CCCC3)C2)cc1. The minimum Gasteiger partial charge on any atom is -0.352 e. The number of carbonyl (C=O) groups excluding carboxylic acids is 1. The molecule has 0 saturated carbocycles. The van der Waals surface area contributed by atoms with E-state index in [1.54, 1.807) is 24.3 Å². The molecule has 0 spiro atoms. The smallest absolute Gasteiger partial charge is 0.243 e. The second-order valence-electron chi connectivity index (χ2n) is 8.99. The van der Waals surface area contributed by atoms with Crippen molar-refractivity contribution in [3.63, 3.8) is 0 Å². The highest BCUT2D eigenvalue weighted by Gasteiger charge is 2.33. The molecule has 2 aromatic carbocycles. The Morgan fingerprint density at radius 1 is 0.969 bits per heavy atom. The van der Waals surface area contributed by atoms with Gasteiger partial charge in [-0.25, -0.2) is 8.42 Å². The molecular formula is C25H33N3O3S. The number of likely N-dealkylation sites (tertiary alicyclic amines) is 1. The standard InChI is InChI=1S/C25H33N3O3S/c1-20-10-12-24(13-11-20)32(30,31)28-16-6-9-23(19-28)25(29)26-17-21-7-2-3-8-22(21)18-27-14-4-5-15-27/h2-3,7-8,10-13,23H,4-6,9,14-19H2,1H3,(H,26,29)/t23-/m1/s1. The number of nitrogens with zero attached hydrogens (tertiary/aromatic N) is 2. The average molecular weight is 456 g/mol. The Hall–Kier alpha value is -2.22. The molecule has 1 N–H and O–H groups in total. The van der Waals surface area contributed by atoms with Crippen LogP contribution in [-0.4, -0.2) is 49.7 Å². The fraction of sp³-hybridized carbons (Fsp3) is 0.480. The summed E-state index contributed by atoms with van der Waals surface area (Å²) in [4.78, 5) is 15.7. The van der Waals surface area contributed by atoms with E-state index in [1.165, 1.54) is 22.7 Å². The van der Waals surface area contributed by atoms with Crippen LogP contribution in [0.5, 0.6) is 0 Å². The molecule has 0 bridgehead atoms. The zero-order valence-electron chi connectivity index (χ0n) is 18.8. The summed E-state index contributed by atoms with van der Waals surface area (Å²) in [6.45, 7) is 6.28. The van der Waals surface area contributed by atoms with Crippen LogP contribution in [0.15, 0.2) is 53.4 Å². The van der Waals surface area contributed by atoms with Crippen molar-refractivity contribution in [2.24, 2.45) is 5.92 Å². The first-order valence-electron chi connectivity index (χ1n) is 11.6. The van der Waals surface area contributed by atoms with Crippen molar-refractivity contribution in [2.45, 2.75) is 50.6 Å². The highest BCUT2D eigenvalue weighted by atomic mass is 32.2. The summed E-state index contributed by atoms with van der Waals surface area (Å²) in [5.41, 5.74) is 3.40. The normalized spacial score (nSPS) is 20.3. The molecule has 2 aliphatic rings. The molecule has 0 unspecified atom stereocenters. The maximum Gasteiger partial charge on any atom is 0.243 e. The number of aryl methyl sites for hydroxylation is 1. The molecule has 7 heteroatoms. The Morgan fingerprint density at radius 2 is 1.66 bits per heavy atom. The van der Waals surface area contributed by atoms with Crippen LogP contribution in [0.4, 0.5) is 0 Å². The monoisotopic (exact) mass is 455 g/mol. The number of hydrogen-bond acceptors (Lipinski definition) is 4. The van der Waals surface area contributed by atoms with Gasteiger partial charge in [0.1, 0.15) is 0 Å². The van der Waals surface area contributed by atoms with Crippen LogP contribution in [0.25, 0.3) is 0 Å². The molecule has 2 aliphatic heterocycles. The van der Waals surface area contributed by atoms with Gasteiger partial charge in [0, 0.05) is 26.2 Å². The first-order chi connectivity index (χ1) is 15.4. The minimum absolute atomic E-state index is 0.0650. The Balaban J connectivity index is 1.37. The van der Waals surface area contributed by atoms with Gasteiger partial charge in [0.25, 0.3) is 0 Å². The van der Waals surface area contributed by atoms with E-state index in [0.29, 0.717) is 30.8 Å². The number of benzene rings is 2. The zero-order chi connectivity index (χ0) is 22.6.